The Morgan fingerprint density at radius 1 is 1.42 bits per heavy atom. The van der Waals surface area contributed by atoms with E-state index in [-0.39, 0.29) is 22.7 Å². The summed E-state index contributed by atoms with van der Waals surface area (Å²) >= 11 is 7.70. The van der Waals surface area contributed by atoms with Crippen LogP contribution in [0.1, 0.15) is 25.7 Å². The number of halogens is 1. The molecule has 7 heteroatoms. The maximum Gasteiger partial charge on any atom is 0.311 e. The van der Waals surface area contributed by atoms with Gasteiger partial charge in [0.25, 0.3) is 0 Å². The Morgan fingerprint density at radius 3 is 2.68 bits per heavy atom. The molecule has 104 valence electrons. The van der Waals surface area contributed by atoms with Gasteiger partial charge in [-0.25, -0.2) is 4.98 Å². The summed E-state index contributed by atoms with van der Waals surface area (Å²) in [6.07, 6.45) is 6.41. The number of nitrogens with zero attached hydrogens (tertiary/aromatic N) is 2. The highest BCUT2D eigenvalue weighted by Crippen LogP contribution is 2.31. The number of thioether (sulfide) groups is 1. The molecule has 19 heavy (non-hydrogen) atoms. The molecule has 0 saturated heterocycles. The summed E-state index contributed by atoms with van der Waals surface area (Å²) < 4.78 is 0. The van der Waals surface area contributed by atoms with E-state index in [2.05, 4.69) is 16.6 Å². The Bertz CT molecular complexity index is 464. The molecular weight excluding hydrogens is 286 g/mol. The van der Waals surface area contributed by atoms with E-state index in [0.29, 0.717) is 5.25 Å². The first-order valence-electron chi connectivity index (χ1n) is 6.20. The van der Waals surface area contributed by atoms with Gasteiger partial charge < -0.3 is 5.32 Å². The minimum Gasteiger partial charge on any atom is -0.362 e. The molecular formula is C12H16ClN3O2S. The molecule has 1 fully saturated rings. The third-order valence-electron chi connectivity index (χ3n) is 3.39. The molecule has 1 heterocycles. The largest absolute Gasteiger partial charge is 0.362 e. The van der Waals surface area contributed by atoms with Crippen molar-refractivity contribution >= 4 is 34.9 Å². The monoisotopic (exact) mass is 301 g/mol. The van der Waals surface area contributed by atoms with Crippen LogP contribution in [0.5, 0.6) is 0 Å². The molecule has 5 nitrogen and oxygen atoms in total. The highest BCUT2D eigenvalue weighted by molar-refractivity contribution is 7.99. The Balaban J connectivity index is 2.06. The molecule has 1 aliphatic carbocycles. The number of rotatable bonds is 4. The van der Waals surface area contributed by atoms with Gasteiger partial charge in [0.15, 0.2) is 0 Å². The van der Waals surface area contributed by atoms with Gasteiger partial charge in [0.1, 0.15) is 5.15 Å². The molecule has 0 spiro atoms. The lowest BCUT2D eigenvalue weighted by molar-refractivity contribution is -0.384. The Labute approximate surface area is 121 Å². The van der Waals surface area contributed by atoms with Crippen LogP contribution in [0.4, 0.5) is 11.5 Å². The molecule has 1 aliphatic rings. The molecule has 0 atom stereocenters. The highest BCUT2D eigenvalue weighted by Gasteiger charge is 2.23. The van der Waals surface area contributed by atoms with Gasteiger partial charge >= 0.3 is 5.69 Å². The molecule has 1 saturated carbocycles. The summed E-state index contributed by atoms with van der Waals surface area (Å²) in [6.45, 7) is 0. The van der Waals surface area contributed by atoms with Crippen LogP contribution in [0.2, 0.25) is 5.15 Å². The standard InChI is InChI=1S/C12H16ClN3O2S/c1-19-9-4-2-8(3-5-9)14-12-10(16(17)18)6-7-11(13)15-12/h6-9H,2-5H2,1H3,(H,14,15). The van der Waals surface area contributed by atoms with Crippen molar-refractivity contribution in [3.8, 4) is 0 Å². The summed E-state index contributed by atoms with van der Waals surface area (Å²) in [5.41, 5.74) is -0.0172. The van der Waals surface area contributed by atoms with E-state index in [4.69, 9.17) is 11.6 Å². The number of aromatic nitrogens is 1. The van der Waals surface area contributed by atoms with Gasteiger partial charge in [-0.05, 0) is 38.0 Å². The van der Waals surface area contributed by atoms with Gasteiger partial charge in [0, 0.05) is 17.4 Å². The minimum absolute atomic E-state index is 0.0172. The quantitative estimate of drug-likeness (QED) is 0.521. The van der Waals surface area contributed by atoms with Crippen molar-refractivity contribution in [3.05, 3.63) is 27.4 Å². The molecule has 2 rings (SSSR count). The van der Waals surface area contributed by atoms with Crippen LogP contribution in [-0.4, -0.2) is 27.5 Å². The number of hydrogen-bond donors (Lipinski definition) is 1. The topological polar surface area (TPSA) is 68.1 Å². The van der Waals surface area contributed by atoms with Gasteiger partial charge in [-0.3, -0.25) is 10.1 Å². The Kier molecular flexibility index (Phi) is 4.87. The van der Waals surface area contributed by atoms with E-state index in [9.17, 15) is 10.1 Å². The molecule has 0 bridgehead atoms. The molecule has 0 unspecified atom stereocenters. The molecule has 1 aromatic rings. The molecule has 1 aromatic heterocycles. The van der Waals surface area contributed by atoms with Crippen molar-refractivity contribution in [2.24, 2.45) is 0 Å². The fraction of sp³-hybridized carbons (Fsp3) is 0.583. The van der Waals surface area contributed by atoms with Crippen molar-refractivity contribution in [2.75, 3.05) is 11.6 Å². The molecule has 0 aromatic carbocycles. The predicted molar refractivity (Wildman–Crippen MR) is 79.1 cm³/mol. The van der Waals surface area contributed by atoms with Crippen LogP contribution >= 0.6 is 23.4 Å². The lowest BCUT2D eigenvalue weighted by atomic mass is 9.95. The number of nitro groups is 1. The zero-order valence-electron chi connectivity index (χ0n) is 10.6. The third kappa shape index (κ3) is 3.73. The molecule has 0 radical (unpaired) electrons. The lowest BCUT2D eigenvalue weighted by Gasteiger charge is -2.28. The SMILES string of the molecule is CSC1CCC(Nc2nc(Cl)ccc2[N+](=O)[O-])CC1. The fourth-order valence-corrected chi connectivity index (χ4v) is 3.21. The fourth-order valence-electron chi connectivity index (χ4n) is 2.32. The van der Waals surface area contributed by atoms with Crippen molar-refractivity contribution in [2.45, 2.75) is 37.0 Å². The van der Waals surface area contributed by atoms with E-state index in [0.717, 1.165) is 25.7 Å². The van der Waals surface area contributed by atoms with E-state index < -0.39 is 4.92 Å². The average Bonchev–Trinajstić information content (AvgIpc) is 2.39. The summed E-state index contributed by atoms with van der Waals surface area (Å²) in [5, 5.41) is 15.1. The average molecular weight is 302 g/mol. The van der Waals surface area contributed by atoms with E-state index >= 15 is 0 Å². The van der Waals surface area contributed by atoms with Crippen molar-refractivity contribution in [3.63, 3.8) is 0 Å². The molecule has 1 N–H and O–H groups in total. The summed E-state index contributed by atoms with van der Waals surface area (Å²) in [5.74, 6) is 0.283. The van der Waals surface area contributed by atoms with E-state index in [1.54, 1.807) is 0 Å². The van der Waals surface area contributed by atoms with Crippen molar-refractivity contribution in [1.29, 1.82) is 0 Å². The smallest absolute Gasteiger partial charge is 0.311 e. The summed E-state index contributed by atoms with van der Waals surface area (Å²) in [7, 11) is 0. The predicted octanol–water partition coefficient (Wildman–Crippen LogP) is 3.73. The molecule has 0 amide bonds. The number of pyridine rings is 1. The van der Waals surface area contributed by atoms with Crippen LogP contribution in [0.15, 0.2) is 12.1 Å². The van der Waals surface area contributed by atoms with Crippen LogP contribution < -0.4 is 5.32 Å². The van der Waals surface area contributed by atoms with Gasteiger partial charge in [-0.15, -0.1) is 0 Å². The van der Waals surface area contributed by atoms with Crippen LogP contribution in [0, 0.1) is 10.1 Å². The van der Waals surface area contributed by atoms with Crippen LogP contribution in [0.25, 0.3) is 0 Å². The lowest BCUT2D eigenvalue weighted by Crippen LogP contribution is -2.27. The van der Waals surface area contributed by atoms with E-state index in [1.807, 2.05) is 11.8 Å². The first-order chi connectivity index (χ1) is 9.10. The highest BCUT2D eigenvalue weighted by atomic mass is 35.5. The maximum absolute atomic E-state index is 11.0. The number of hydrogen-bond acceptors (Lipinski definition) is 5. The number of anilines is 1. The summed E-state index contributed by atoms with van der Waals surface area (Å²) in [4.78, 5) is 14.6. The second kappa shape index (κ2) is 6.43. The Hall–Kier alpha value is -1.01. The van der Waals surface area contributed by atoms with Crippen LogP contribution in [0.3, 0.4) is 0 Å². The third-order valence-corrected chi connectivity index (χ3v) is 4.73. The second-order valence-corrected chi connectivity index (χ2v) is 6.14. The first-order valence-corrected chi connectivity index (χ1v) is 7.87. The number of nitrogens with one attached hydrogen (secondary N) is 1. The van der Waals surface area contributed by atoms with E-state index in [1.165, 1.54) is 12.1 Å². The van der Waals surface area contributed by atoms with Gasteiger partial charge in [0.2, 0.25) is 5.82 Å². The first kappa shape index (κ1) is 14.4. The van der Waals surface area contributed by atoms with Crippen LogP contribution in [-0.2, 0) is 0 Å². The van der Waals surface area contributed by atoms with Crippen molar-refractivity contribution in [1.82, 2.24) is 4.98 Å². The van der Waals surface area contributed by atoms with Crippen molar-refractivity contribution < 1.29 is 4.92 Å². The Morgan fingerprint density at radius 2 is 2.11 bits per heavy atom. The second-order valence-electron chi connectivity index (χ2n) is 4.61. The maximum atomic E-state index is 11.0. The van der Waals surface area contributed by atoms with Gasteiger partial charge in [0.05, 0.1) is 4.92 Å². The zero-order valence-corrected chi connectivity index (χ0v) is 12.2. The van der Waals surface area contributed by atoms with Gasteiger partial charge in [-0.1, -0.05) is 11.6 Å². The normalized spacial score (nSPS) is 23.1. The molecule has 0 aliphatic heterocycles. The minimum atomic E-state index is -0.431. The zero-order chi connectivity index (χ0) is 13.8. The van der Waals surface area contributed by atoms with Gasteiger partial charge in [-0.2, -0.15) is 11.8 Å². The summed E-state index contributed by atoms with van der Waals surface area (Å²) in [6, 6.07) is 3.08.